The van der Waals surface area contributed by atoms with Crippen LogP contribution in [-0.2, 0) is 9.53 Å². The summed E-state index contributed by atoms with van der Waals surface area (Å²) in [6, 6.07) is 4.26. The van der Waals surface area contributed by atoms with Crippen molar-refractivity contribution in [1.29, 1.82) is 0 Å². The molecular formula is C10H10FNO3. The molecule has 4 nitrogen and oxygen atoms in total. The fourth-order valence-electron chi connectivity index (χ4n) is 1.04. The summed E-state index contributed by atoms with van der Waals surface area (Å²) in [4.78, 5) is 21.1. The maximum Gasteiger partial charge on any atom is 0.294 e. The normalized spacial score (nSPS) is 9.47. The molecule has 0 unspecified atom stereocenters. The van der Waals surface area contributed by atoms with Crippen molar-refractivity contribution < 1.29 is 18.7 Å². The maximum absolute atomic E-state index is 13.2. The van der Waals surface area contributed by atoms with Crippen LogP contribution in [-0.4, -0.2) is 19.1 Å². The lowest BCUT2D eigenvalue weighted by molar-refractivity contribution is -0.129. The number of carbonyl (C=O) groups is 2. The molecule has 0 atom stereocenters. The van der Waals surface area contributed by atoms with Gasteiger partial charge in [0.1, 0.15) is 5.82 Å². The zero-order valence-corrected chi connectivity index (χ0v) is 8.12. The van der Waals surface area contributed by atoms with Crippen molar-refractivity contribution in [2.45, 2.75) is 6.92 Å². The molecule has 80 valence electrons. The molecule has 1 aromatic carbocycles. The zero-order valence-electron chi connectivity index (χ0n) is 8.12. The highest BCUT2D eigenvalue weighted by Gasteiger charge is 2.10. The van der Waals surface area contributed by atoms with Gasteiger partial charge in [-0.1, -0.05) is 6.07 Å². The number of carbonyl (C=O) groups excluding carboxylic acids is 2. The van der Waals surface area contributed by atoms with Gasteiger partial charge in [-0.15, -0.1) is 0 Å². The van der Waals surface area contributed by atoms with E-state index >= 15 is 0 Å². The molecule has 0 saturated heterocycles. The lowest BCUT2D eigenvalue weighted by Crippen LogP contribution is -2.26. The highest BCUT2D eigenvalue weighted by atomic mass is 19.1. The molecule has 1 amide bonds. The van der Waals surface area contributed by atoms with Crippen molar-refractivity contribution in [1.82, 2.24) is 5.32 Å². The van der Waals surface area contributed by atoms with Gasteiger partial charge in [-0.05, 0) is 24.6 Å². The van der Waals surface area contributed by atoms with Gasteiger partial charge in [0, 0.05) is 0 Å². The summed E-state index contributed by atoms with van der Waals surface area (Å²) in [6.07, 6.45) is 0. The number of hydrogen-bond donors (Lipinski definition) is 1. The summed E-state index contributed by atoms with van der Waals surface area (Å²) in [6.45, 7) is 1.65. The summed E-state index contributed by atoms with van der Waals surface area (Å²) in [7, 11) is 0. The quantitative estimate of drug-likeness (QED) is 0.459. The van der Waals surface area contributed by atoms with E-state index in [-0.39, 0.29) is 18.8 Å². The molecule has 0 aliphatic rings. The second-order valence-corrected chi connectivity index (χ2v) is 2.90. The van der Waals surface area contributed by atoms with Crippen molar-refractivity contribution in [3.8, 4) is 0 Å². The van der Waals surface area contributed by atoms with Gasteiger partial charge in [0.15, 0.2) is 6.73 Å². The second kappa shape index (κ2) is 5.09. The number of amides is 1. The van der Waals surface area contributed by atoms with E-state index in [1.807, 2.05) is 0 Å². The first-order valence-corrected chi connectivity index (χ1v) is 4.24. The van der Waals surface area contributed by atoms with E-state index in [2.05, 4.69) is 10.1 Å². The van der Waals surface area contributed by atoms with Crippen LogP contribution < -0.4 is 5.32 Å². The van der Waals surface area contributed by atoms with E-state index in [1.165, 1.54) is 12.1 Å². The summed E-state index contributed by atoms with van der Waals surface area (Å²) in [5, 5.41) is 2.23. The van der Waals surface area contributed by atoms with E-state index in [0.29, 0.717) is 0 Å². The van der Waals surface area contributed by atoms with Crippen LogP contribution in [0.15, 0.2) is 18.2 Å². The predicted molar refractivity (Wildman–Crippen MR) is 50.6 cm³/mol. The van der Waals surface area contributed by atoms with Crippen molar-refractivity contribution >= 4 is 12.4 Å². The highest BCUT2D eigenvalue weighted by molar-refractivity contribution is 5.94. The van der Waals surface area contributed by atoms with Gasteiger partial charge in [-0.2, -0.15) is 0 Å². The number of rotatable bonds is 4. The van der Waals surface area contributed by atoms with Gasteiger partial charge >= 0.3 is 0 Å². The number of ether oxygens (including phenoxy) is 1. The average Bonchev–Trinajstić information content (AvgIpc) is 2.17. The summed E-state index contributed by atoms with van der Waals surface area (Å²) in [5.74, 6) is -1.21. The average molecular weight is 211 g/mol. The summed E-state index contributed by atoms with van der Waals surface area (Å²) >= 11 is 0. The number of hydrogen-bond acceptors (Lipinski definition) is 3. The van der Waals surface area contributed by atoms with Crippen LogP contribution in [0, 0.1) is 12.7 Å². The first-order valence-electron chi connectivity index (χ1n) is 4.24. The van der Waals surface area contributed by atoms with Crippen LogP contribution >= 0.6 is 0 Å². The highest BCUT2D eigenvalue weighted by Crippen LogP contribution is 2.09. The van der Waals surface area contributed by atoms with Gasteiger partial charge in [-0.3, -0.25) is 9.59 Å². The Balaban J connectivity index is 2.69. The largest absolute Gasteiger partial charge is 0.447 e. The van der Waals surface area contributed by atoms with Gasteiger partial charge in [0.05, 0.1) is 5.56 Å². The van der Waals surface area contributed by atoms with Crippen molar-refractivity contribution in [2.75, 3.05) is 6.73 Å². The van der Waals surface area contributed by atoms with E-state index in [9.17, 15) is 14.0 Å². The minimum absolute atomic E-state index is 0.0740. The Labute approximate surface area is 86.0 Å². The SMILES string of the molecule is Cc1ccc(C(=O)NCOC=O)c(F)c1. The molecule has 0 aliphatic heterocycles. The summed E-state index contributed by atoms with van der Waals surface area (Å²) in [5.41, 5.74) is 0.656. The Kier molecular flexibility index (Phi) is 3.79. The predicted octanol–water partition coefficient (Wildman–Crippen LogP) is 0.994. The van der Waals surface area contributed by atoms with Crippen LogP contribution in [0.4, 0.5) is 4.39 Å². The first kappa shape index (κ1) is 11.2. The van der Waals surface area contributed by atoms with E-state index in [4.69, 9.17) is 0 Å². The Bertz CT molecular complexity index is 379. The monoisotopic (exact) mass is 211 g/mol. The smallest absolute Gasteiger partial charge is 0.294 e. The fourth-order valence-corrected chi connectivity index (χ4v) is 1.04. The first-order chi connectivity index (χ1) is 7.15. The topological polar surface area (TPSA) is 55.4 Å². The maximum atomic E-state index is 13.2. The van der Waals surface area contributed by atoms with E-state index in [0.717, 1.165) is 5.56 Å². The molecule has 15 heavy (non-hydrogen) atoms. The number of aryl methyl sites for hydroxylation is 1. The van der Waals surface area contributed by atoms with E-state index in [1.54, 1.807) is 13.0 Å². The Morgan fingerprint density at radius 1 is 1.60 bits per heavy atom. The molecule has 0 spiro atoms. The minimum atomic E-state index is -0.616. The van der Waals surface area contributed by atoms with Gasteiger partial charge < -0.3 is 10.1 Å². The molecule has 0 saturated carbocycles. The van der Waals surface area contributed by atoms with Crippen LogP contribution in [0.25, 0.3) is 0 Å². The molecule has 1 rings (SSSR count). The van der Waals surface area contributed by atoms with Crippen LogP contribution in [0.5, 0.6) is 0 Å². The van der Waals surface area contributed by atoms with E-state index < -0.39 is 11.7 Å². The zero-order chi connectivity index (χ0) is 11.3. The molecule has 1 N–H and O–H groups in total. The van der Waals surface area contributed by atoms with Crippen molar-refractivity contribution in [3.63, 3.8) is 0 Å². The molecular weight excluding hydrogens is 201 g/mol. The Morgan fingerprint density at radius 3 is 2.93 bits per heavy atom. The third kappa shape index (κ3) is 3.05. The molecule has 0 bridgehead atoms. The fraction of sp³-hybridized carbons (Fsp3) is 0.200. The minimum Gasteiger partial charge on any atom is -0.447 e. The molecule has 0 aliphatic carbocycles. The third-order valence-electron chi connectivity index (χ3n) is 1.75. The molecule has 0 heterocycles. The summed E-state index contributed by atoms with van der Waals surface area (Å²) < 4.78 is 17.5. The number of nitrogens with one attached hydrogen (secondary N) is 1. The molecule has 0 radical (unpaired) electrons. The van der Waals surface area contributed by atoms with Crippen molar-refractivity contribution in [2.24, 2.45) is 0 Å². The third-order valence-corrected chi connectivity index (χ3v) is 1.75. The standard InChI is InChI=1S/C10H10FNO3/c1-7-2-3-8(9(11)4-7)10(14)12-5-15-6-13/h2-4,6H,5H2,1H3,(H,12,14). The van der Waals surface area contributed by atoms with Crippen molar-refractivity contribution in [3.05, 3.63) is 35.1 Å². The molecule has 1 aromatic rings. The Morgan fingerprint density at radius 2 is 2.33 bits per heavy atom. The lowest BCUT2D eigenvalue weighted by Gasteiger charge is -2.05. The lowest BCUT2D eigenvalue weighted by atomic mass is 10.1. The molecule has 5 heteroatoms. The molecule has 0 aromatic heterocycles. The number of benzene rings is 1. The van der Waals surface area contributed by atoms with Crippen LogP contribution in [0.1, 0.15) is 15.9 Å². The Hall–Kier alpha value is -1.91. The van der Waals surface area contributed by atoms with Gasteiger partial charge in [-0.25, -0.2) is 4.39 Å². The van der Waals surface area contributed by atoms with Gasteiger partial charge in [0.2, 0.25) is 0 Å². The second-order valence-electron chi connectivity index (χ2n) is 2.90. The van der Waals surface area contributed by atoms with Crippen LogP contribution in [0.2, 0.25) is 0 Å². The van der Waals surface area contributed by atoms with Crippen LogP contribution in [0.3, 0.4) is 0 Å². The number of halogens is 1. The molecule has 0 fully saturated rings. The van der Waals surface area contributed by atoms with Gasteiger partial charge in [0.25, 0.3) is 12.4 Å².